The lowest BCUT2D eigenvalue weighted by molar-refractivity contribution is -0.123. The molecule has 112 valence electrons. The summed E-state index contributed by atoms with van der Waals surface area (Å²) in [5, 5.41) is 3.00. The Morgan fingerprint density at radius 3 is 2.75 bits per heavy atom. The topological polar surface area (TPSA) is 82.8 Å². The number of ether oxygens (including phenoxy) is 3. The second kappa shape index (κ2) is 8.63. The van der Waals surface area contributed by atoms with E-state index in [1.807, 2.05) is 0 Å². The molecule has 1 rings (SSSR count). The van der Waals surface area contributed by atoms with E-state index >= 15 is 0 Å². The van der Waals surface area contributed by atoms with Crippen molar-refractivity contribution in [3.05, 3.63) is 22.7 Å². The highest BCUT2D eigenvalue weighted by molar-refractivity contribution is 6.32. The molecule has 0 aliphatic carbocycles. The van der Waals surface area contributed by atoms with Crippen LogP contribution in [-0.2, 0) is 16.1 Å². The smallest absolute Gasteiger partial charge is 0.258 e. The van der Waals surface area contributed by atoms with Gasteiger partial charge in [0.05, 0.1) is 18.7 Å². The van der Waals surface area contributed by atoms with Crippen LogP contribution in [-0.4, -0.2) is 39.9 Å². The zero-order valence-corrected chi connectivity index (χ0v) is 12.3. The van der Waals surface area contributed by atoms with Gasteiger partial charge in [-0.05, 0) is 17.7 Å². The summed E-state index contributed by atoms with van der Waals surface area (Å²) in [6.45, 7) is 1.06. The van der Waals surface area contributed by atoms with Gasteiger partial charge in [0.15, 0.2) is 18.1 Å². The number of methoxy groups -OCH3 is 2. The number of carbonyl (C=O) groups excluding carboxylic acids is 1. The van der Waals surface area contributed by atoms with Crippen molar-refractivity contribution in [2.45, 2.75) is 6.54 Å². The van der Waals surface area contributed by atoms with Crippen molar-refractivity contribution in [1.29, 1.82) is 0 Å². The summed E-state index contributed by atoms with van der Waals surface area (Å²) in [6, 6.07) is 3.41. The maximum Gasteiger partial charge on any atom is 0.258 e. The normalized spacial score (nSPS) is 10.2. The lowest BCUT2D eigenvalue weighted by atomic mass is 10.2. The number of hydrogen-bond donors (Lipinski definition) is 2. The van der Waals surface area contributed by atoms with Gasteiger partial charge in [0.1, 0.15) is 0 Å². The van der Waals surface area contributed by atoms with Gasteiger partial charge >= 0.3 is 0 Å². The average Bonchev–Trinajstić information content (AvgIpc) is 2.45. The quantitative estimate of drug-likeness (QED) is 0.699. The number of amides is 1. The van der Waals surface area contributed by atoms with Crippen LogP contribution < -0.4 is 20.5 Å². The Hall–Kier alpha value is -1.50. The number of halogens is 1. The second-order valence-electron chi connectivity index (χ2n) is 3.94. The van der Waals surface area contributed by atoms with Gasteiger partial charge in [0.2, 0.25) is 0 Å². The molecular weight excluding hydrogens is 284 g/mol. The molecule has 7 heteroatoms. The van der Waals surface area contributed by atoms with Gasteiger partial charge in [-0.1, -0.05) is 11.6 Å². The van der Waals surface area contributed by atoms with E-state index in [9.17, 15) is 4.79 Å². The number of hydrogen-bond acceptors (Lipinski definition) is 5. The van der Waals surface area contributed by atoms with Crippen LogP contribution in [0.25, 0.3) is 0 Å². The Morgan fingerprint density at radius 2 is 2.15 bits per heavy atom. The van der Waals surface area contributed by atoms with Crippen LogP contribution in [0.5, 0.6) is 11.5 Å². The molecule has 1 aromatic carbocycles. The molecule has 6 nitrogen and oxygen atoms in total. The molecule has 0 aromatic heterocycles. The lowest BCUT2D eigenvalue weighted by Crippen LogP contribution is -2.31. The predicted molar refractivity (Wildman–Crippen MR) is 76.3 cm³/mol. The number of rotatable bonds is 8. The molecule has 0 bridgehead atoms. The van der Waals surface area contributed by atoms with Gasteiger partial charge in [0.25, 0.3) is 5.91 Å². The zero-order chi connectivity index (χ0) is 15.0. The molecule has 1 amide bonds. The molecule has 3 N–H and O–H groups in total. The molecular formula is C13H19ClN2O4. The van der Waals surface area contributed by atoms with Crippen LogP contribution in [0.2, 0.25) is 5.02 Å². The Morgan fingerprint density at radius 1 is 1.40 bits per heavy atom. The number of carbonyl (C=O) groups is 1. The summed E-state index contributed by atoms with van der Waals surface area (Å²) in [7, 11) is 3.06. The summed E-state index contributed by atoms with van der Waals surface area (Å²) in [6.07, 6.45) is 0. The fraction of sp³-hybridized carbons (Fsp3) is 0.462. The predicted octanol–water partition coefficient (Wildman–Crippen LogP) is 0.949. The molecule has 1 aromatic rings. The van der Waals surface area contributed by atoms with Crippen molar-refractivity contribution in [1.82, 2.24) is 5.32 Å². The monoisotopic (exact) mass is 302 g/mol. The van der Waals surface area contributed by atoms with E-state index in [2.05, 4.69) is 5.32 Å². The largest absolute Gasteiger partial charge is 0.493 e. The highest BCUT2D eigenvalue weighted by atomic mass is 35.5. The van der Waals surface area contributed by atoms with E-state index in [1.54, 1.807) is 19.2 Å². The lowest BCUT2D eigenvalue weighted by Gasteiger charge is -2.13. The van der Waals surface area contributed by atoms with Gasteiger partial charge in [-0.2, -0.15) is 0 Å². The van der Waals surface area contributed by atoms with E-state index in [0.29, 0.717) is 36.2 Å². The zero-order valence-electron chi connectivity index (χ0n) is 11.6. The molecule has 20 heavy (non-hydrogen) atoms. The van der Waals surface area contributed by atoms with Crippen molar-refractivity contribution >= 4 is 17.5 Å². The summed E-state index contributed by atoms with van der Waals surface area (Å²) in [5.74, 6) is 0.513. The Kier molecular flexibility index (Phi) is 7.14. The molecule has 0 unspecified atom stereocenters. The van der Waals surface area contributed by atoms with Crippen LogP contribution in [0.1, 0.15) is 5.56 Å². The number of nitrogens with two attached hydrogens (primary N) is 1. The first-order chi connectivity index (χ1) is 9.62. The van der Waals surface area contributed by atoms with Crippen LogP contribution >= 0.6 is 11.6 Å². The van der Waals surface area contributed by atoms with E-state index in [1.165, 1.54) is 7.11 Å². The fourth-order valence-corrected chi connectivity index (χ4v) is 1.80. The van der Waals surface area contributed by atoms with E-state index in [-0.39, 0.29) is 12.5 Å². The maximum absolute atomic E-state index is 11.5. The Balaban J connectivity index is 2.65. The summed E-state index contributed by atoms with van der Waals surface area (Å²) < 4.78 is 15.4. The Labute approximate surface area is 123 Å². The number of benzene rings is 1. The molecule has 0 atom stereocenters. The summed E-state index contributed by atoms with van der Waals surface area (Å²) >= 11 is 6.09. The highest BCUT2D eigenvalue weighted by Gasteiger charge is 2.13. The third kappa shape index (κ3) is 4.88. The van der Waals surface area contributed by atoms with Gasteiger partial charge in [-0.15, -0.1) is 0 Å². The van der Waals surface area contributed by atoms with Crippen molar-refractivity contribution in [3.63, 3.8) is 0 Å². The van der Waals surface area contributed by atoms with Crippen molar-refractivity contribution < 1.29 is 19.0 Å². The molecule has 0 heterocycles. The summed E-state index contributed by atoms with van der Waals surface area (Å²) in [5.41, 5.74) is 6.37. The maximum atomic E-state index is 11.5. The van der Waals surface area contributed by atoms with Gasteiger partial charge in [0, 0.05) is 20.2 Å². The third-order valence-electron chi connectivity index (χ3n) is 2.50. The first-order valence-electron chi connectivity index (χ1n) is 6.07. The molecule has 0 saturated carbocycles. The average molecular weight is 303 g/mol. The minimum atomic E-state index is -0.261. The molecule has 0 aliphatic heterocycles. The molecule has 0 aliphatic rings. The molecule has 0 spiro atoms. The second-order valence-corrected chi connectivity index (χ2v) is 4.35. The molecule has 0 saturated heterocycles. The molecule has 0 radical (unpaired) electrons. The van der Waals surface area contributed by atoms with Crippen molar-refractivity contribution in [3.8, 4) is 11.5 Å². The van der Waals surface area contributed by atoms with Crippen molar-refractivity contribution in [2.75, 3.05) is 34.0 Å². The SMILES string of the molecule is COCCNC(=O)COc1c(Cl)cc(CN)cc1OC. The van der Waals surface area contributed by atoms with Crippen LogP contribution in [0.3, 0.4) is 0 Å². The first-order valence-corrected chi connectivity index (χ1v) is 6.45. The minimum Gasteiger partial charge on any atom is -0.493 e. The van der Waals surface area contributed by atoms with Gasteiger partial charge < -0.3 is 25.3 Å². The minimum absolute atomic E-state index is 0.151. The van der Waals surface area contributed by atoms with Crippen LogP contribution in [0.4, 0.5) is 0 Å². The van der Waals surface area contributed by atoms with E-state index < -0.39 is 0 Å². The number of nitrogens with one attached hydrogen (secondary N) is 1. The fourth-order valence-electron chi connectivity index (χ4n) is 1.51. The summed E-state index contributed by atoms with van der Waals surface area (Å²) in [4.78, 5) is 11.5. The van der Waals surface area contributed by atoms with E-state index in [4.69, 9.17) is 31.5 Å². The van der Waals surface area contributed by atoms with Gasteiger partial charge in [-0.3, -0.25) is 4.79 Å². The standard InChI is InChI=1S/C13H19ClN2O4/c1-18-4-3-16-12(17)8-20-13-10(14)5-9(7-15)6-11(13)19-2/h5-6H,3-4,7-8,15H2,1-2H3,(H,16,17). The van der Waals surface area contributed by atoms with Crippen LogP contribution in [0.15, 0.2) is 12.1 Å². The van der Waals surface area contributed by atoms with Gasteiger partial charge in [-0.25, -0.2) is 0 Å². The molecule has 0 fully saturated rings. The van der Waals surface area contributed by atoms with Crippen molar-refractivity contribution in [2.24, 2.45) is 5.73 Å². The highest BCUT2D eigenvalue weighted by Crippen LogP contribution is 2.36. The first kappa shape index (κ1) is 16.6. The van der Waals surface area contributed by atoms with E-state index in [0.717, 1.165) is 5.56 Å². The Bertz CT molecular complexity index is 454. The third-order valence-corrected chi connectivity index (χ3v) is 2.78. The van der Waals surface area contributed by atoms with Crippen LogP contribution in [0, 0.1) is 0 Å².